The molecule has 7 heteroatoms. The van der Waals surface area contributed by atoms with E-state index in [0.717, 1.165) is 17.7 Å². The van der Waals surface area contributed by atoms with Gasteiger partial charge in [-0.3, -0.25) is 9.59 Å². The van der Waals surface area contributed by atoms with Gasteiger partial charge < -0.3 is 15.1 Å². The largest absolute Gasteiger partial charge is 0.440 e. The summed E-state index contributed by atoms with van der Waals surface area (Å²) in [7, 11) is 0. The van der Waals surface area contributed by atoms with Crippen molar-refractivity contribution in [2.75, 3.05) is 13.1 Å². The van der Waals surface area contributed by atoms with Crippen LogP contribution in [0.2, 0.25) is 0 Å². The summed E-state index contributed by atoms with van der Waals surface area (Å²) < 4.78 is 5.66. The number of nitrogens with two attached hydrogens (primary N) is 1. The van der Waals surface area contributed by atoms with E-state index < -0.39 is 0 Å². The lowest BCUT2D eigenvalue weighted by molar-refractivity contribution is -0.134. The topological polar surface area (TPSA) is 89.4 Å². The first-order valence-corrected chi connectivity index (χ1v) is 8.50. The maximum absolute atomic E-state index is 12.5. The van der Waals surface area contributed by atoms with Gasteiger partial charge in [0.1, 0.15) is 5.76 Å². The highest BCUT2D eigenvalue weighted by Crippen LogP contribution is 2.26. The van der Waals surface area contributed by atoms with Crippen molar-refractivity contribution in [1.82, 2.24) is 9.88 Å². The van der Waals surface area contributed by atoms with Gasteiger partial charge in [-0.25, -0.2) is 4.98 Å². The van der Waals surface area contributed by atoms with E-state index in [0.29, 0.717) is 30.4 Å². The number of hydrogen-bond acceptors (Lipinski definition) is 5. The van der Waals surface area contributed by atoms with Crippen molar-refractivity contribution in [2.45, 2.75) is 26.2 Å². The molecule has 3 heterocycles. The molecule has 1 fully saturated rings. The average molecular weight is 333 g/mol. The van der Waals surface area contributed by atoms with E-state index in [-0.39, 0.29) is 24.2 Å². The van der Waals surface area contributed by atoms with Gasteiger partial charge in [0.05, 0.1) is 22.9 Å². The number of piperidine rings is 1. The van der Waals surface area contributed by atoms with Crippen molar-refractivity contribution < 1.29 is 14.0 Å². The van der Waals surface area contributed by atoms with Crippen LogP contribution in [0.15, 0.2) is 21.9 Å². The van der Waals surface area contributed by atoms with Crippen molar-refractivity contribution in [1.29, 1.82) is 0 Å². The summed E-state index contributed by atoms with van der Waals surface area (Å²) in [6.45, 7) is 2.88. The highest BCUT2D eigenvalue weighted by atomic mass is 32.1. The van der Waals surface area contributed by atoms with Crippen LogP contribution in [0.25, 0.3) is 10.8 Å². The van der Waals surface area contributed by atoms with E-state index in [4.69, 9.17) is 10.2 Å². The zero-order chi connectivity index (χ0) is 16.4. The first kappa shape index (κ1) is 15.7. The van der Waals surface area contributed by atoms with Gasteiger partial charge in [0.15, 0.2) is 0 Å². The van der Waals surface area contributed by atoms with E-state index in [2.05, 4.69) is 4.98 Å². The molecule has 1 unspecified atom stereocenters. The molecular formula is C16H19N3O3S. The summed E-state index contributed by atoms with van der Waals surface area (Å²) in [6, 6.07) is 3.87. The molecule has 0 aromatic carbocycles. The second-order valence-corrected chi connectivity index (χ2v) is 6.70. The second kappa shape index (κ2) is 6.54. The molecule has 2 amide bonds. The third-order valence-electron chi connectivity index (χ3n) is 4.12. The Morgan fingerprint density at radius 3 is 3.04 bits per heavy atom. The summed E-state index contributed by atoms with van der Waals surface area (Å²) in [4.78, 5) is 30.9. The number of rotatable bonds is 4. The Morgan fingerprint density at radius 2 is 2.35 bits per heavy atom. The molecular weight excluding hydrogens is 314 g/mol. The molecule has 122 valence electrons. The molecule has 1 aliphatic rings. The zero-order valence-corrected chi connectivity index (χ0v) is 13.8. The van der Waals surface area contributed by atoms with Crippen molar-refractivity contribution in [2.24, 2.45) is 11.7 Å². The monoisotopic (exact) mass is 333 g/mol. The molecule has 1 aliphatic heterocycles. The molecule has 1 atom stereocenters. The number of hydrogen-bond donors (Lipinski definition) is 1. The van der Waals surface area contributed by atoms with Gasteiger partial charge in [-0.05, 0) is 31.2 Å². The van der Waals surface area contributed by atoms with Crippen LogP contribution in [0, 0.1) is 12.8 Å². The Morgan fingerprint density at radius 1 is 1.52 bits per heavy atom. The number of aromatic nitrogens is 1. The number of aryl methyl sites for hydroxylation is 1. The van der Waals surface area contributed by atoms with Crippen molar-refractivity contribution in [3.05, 3.63) is 29.0 Å². The van der Waals surface area contributed by atoms with Crippen LogP contribution in [0.1, 0.15) is 24.3 Å². The number of amides is 2. The molecule has 0 bridgehead atoms. The highest BCUT2D eigenvalue weighted by Gasteiger charge is 2.28. The van der Waals surface area contributed by atoms with Crippen LogP contribution in [0.5, 0.6) is 0 Å². The maximum atomic E-state index is 12.5. The van der Waals surface area contributed by atoms with Gasteiger partial charge in [-0.2, -0.15) is 0 Å². The highest BCUT2D eigenvalue weighted by molar-refractivity contribution is 7.13. The van der Waals surface area contributed by atoms with E-state index >= 15 is 0 Å². The number of likely N-dealkylation sites (tertiary alicyclic amines) is 1. The third-order valence-corrected chi connectivity index (χ3v) is 4.98. The minimum absolute atomic E-state index is 0.0370. The summed E-state index contributed by atoms with van der Waals surface area (Å²) in [5.74, 6) is 0.595. The molecule has 2 N–H and O–H groups in total. The second-order valence-electron chi connectivity index (χ2n) is 5.76. The number of oxazole rings is 1. The lowest BCUT2D eigenvalue weighted by Crippen LogP contribution is -2.44. The lowest BCUT2D eigenvalue weighted by atomic mass is 9.97. The van der Waals surface area contributed by atoms with E-state index in [1.54, 1.807) is 16.2 Å². The van der Waals surface area contributed by atoms with Crippen LogP contribution >= 0.6 is 11.3 Å². The van der Waals surface area contributed by atoms with Gasteiger partial charge in [0.2, 0.25) is 17.7 Å². The fraction of sp³-hybridized carbons (Fsp3) is 0.438. The van der Waals surface area contributed by atoms with Gasteiger partial charge in [0.25, 0.3) is 0 Å². The number of carbonyl (C=O) groups is 2. The fourth-order valence-corrected chi connectivity index (χ4v) is 3.44. The molecule has 2 aromatic rings. The standard InChI is InChI=1S/C16H19N3O3S/c1-10-12(18-16(22-10)13-5-3-7-23-13)8-14(20)19-6-2-4-11(9-19)15(17)21/h3,5,7,11H,2,4,6,8-9H2,1H3,(H2,17,21). The maximum Gasteiger partial charge on any atom is 0.236 e. The minimum Gasteiger partial charge on any atom is -0.440 e. The van der Waals surface area contributed by atoms with Gasteiger partial charge >= 0.3 is 0 Å². The minimum atomic E-state index is -0.333. The van der Waals surface area contributed by atoms with Crippen LogP contribution in [0.3, 0.4) is 0 Å². The molecule has 0 spiro atoms. The number of nitrogens with zero attached hydrogens (tertiary/aromatic N) is 2. The third kappa shape index (κ3) is 3.44. The summed E-state index contributed by atoms with van der Waals surface area (Å²) in [5, 5.41) is 1.96. The van der Waals surface area contributed by atoms with Gasteiger partial charge in [-0.15, -0.1) is 11.3 Å². The smallest absolute Gasteiger partial charge is 0.236 e. The molecule has 3 rings (SSSR count). The normalized spacial score (nSPS) is 18.1. The van der Waals surface area contributed by atoms with Crippen molar-refractivity contribution >= 4 is 23.2 Å². The Kier molecular flexibility index (Phi) is 4.47. The van der Waals surface area contributed by atoms with E-state index in [1.807, 2.05) is 24.4 Å². The molecule has 23 heavy (non-hydrogen) atoms. The molecule has 1 saturated heterocycles. The molecule has 6 nitrogen and oxygen atoms in total. The van der Waals surface area contributed by atoms with Gasteiger partial charge in [0, 0.05) is 13.1 Å². The summed E-state index contributed by atoms with van der Waals surface area (Å²) in [5.41, 5.74) is 6.01. The molecule has 0 radical (unpaired) electrons. The number of thiophene rings is 1. The Balaban J connectivity index is 1.69. The SMILES string of the molecule is Cc1oc(-c2cccs2)nc1CC(=O)N1CCCC(C(N)=O)C1. The van der Waals surface area contributed by atoms with Crippen molar-refractivity contribution in [3.63, 3.8) is 0 Å². The van der Waals surface area contributed by atoms with Crippen molar-refractivity contribution in [3.8, 4) is 10.8 Å². The van der Waals surface area contributed by atoms with E-state index in [1.165, 1.54) is 0 Å². The van der Waals surface area contributed by atoms with Crippen LogP contribution < -0.4 is 5.73 Å². The number of carbonyl (C=O) groups excluding carboxylic acids is 2. The molecule has 2 aromatic heterocycles. The van der Waals surface area contributed by atoms with E-state index in [9.17, 15) is 9.59 Å². The zero-order valence-electron chi connectivity index (χ0n) is 12.9. The predicted octanol–water partition coefficient (Wildman–Crippen LogP) is 1.98. The summed E-state index contributed by atoms with van der Waals surface area (Å²) in [6.07, 6.45) is 1.74. The van der Waals surface area contributed by atoms with Gasteiger partial charge in [-0.1, -0.05) is 6.07 Å². The average Bonchev–Trinajstić information content (AvgIpc) is 3.18. The Bertz CT molecular complexity index is 708. The Labute approximate surface area is 138 Å². The molecule has 0 saturated carbocycles. The first-order valence-electron chi connectivity index (χ1n) is 7.62. The van der Waals surface area contributed by atoms with Crippen LogP contribution in [-0.2, 0) is 16.0 Å². The first-order chi connectivity index (χ1) is 11.0. The summed E-state index contributed by atoms with van der Waals surface area (Å²) >= 11 is 1.55. The lowest BCUT2D eigenvalue weighted by Gasteiger charge is -2.31. The number of primary amides is 1. The quantitative estimate of drug-likeness (QED) is 0.926. The molecule has 0 aliphatic carbocycles. The van der Waals surface area contributed by atoms with Crippen LogP contribution in [-0.4, -0.2) is 34.8 Å². The predicted molar refractivity (Wildman–Crippen MR) is 86.8 cm³/mol. The fourth-order valence-electron chi connectivity index (χ4n) is 2.79. The van der Waals surface area contributed by atoms with Crippen LogP contribution in [0.4, 0.5) is 0 Å². The Hall–Kier alpha value is -2.15.